The first-order valence-electron chi connectivity index (χ1n) is 10.5. The maximum absolute atomic E-state index is 12.1. The summed E-state index contributed by atoms with van der Waals surface area (Å²) in [4.78, 5) is 27.6. The molecule has 1 saturated heterocycles. The van der Waals surface area contributed by atoms with Gasteiger partial charge in [0.05, 0.1) is 18.4 Å². The van der Waals surface area contributed by atoms with Crippen LogP contribution in [0.3, 0.4) is 0 Å². The number of nitrogens with zero attached hydrogens (tertiary/aromatic N) is 4. The van der Waals surface area contributed by atoms with Crippen molar-refractivity contribution in [1.82, 2.24) is 14.6 Å². The number of nitriles is 1. The van der Waals surface area contributed by atoms with Crippen LogP contribution in [0.2, 0.25) is 0 Å². The third-order valence-corrected chi connectivity index (χ3v) is 5.15. The van der Waals surface area contributed by atoms with Crippen molar-refractivity contribution >= 4 is 23.4 Å². The van der Waals surface area contributed by atoms with Gasteiger partial charge < -0.3 is 14.2 Å². The van der Waals surface area contributed by atoms with Crippen molar-refractivity contribution in [2.75, 3.05) is 18.5 Å². The van der Waals surface area contributed by atoms with Crippen LogP contribution in [-0.4, -0.2) is 46.0 Å². The number of carbonyl (C=O) groups excluding carboxylic acids is 2. The second kappa shape index (κ2) is 10.2. The van der Waals surface area contributed by atoms with Crippen LogP contribution in [-0.2, 0) is 24.6 Å². The van der Waals surface area contributed by atoms with Gasteiger partial charge >= 0.3 is 12.1 Å². The van der Waals surface area contributed by atoms with Gasteiger partial charge in [-0.25, -0.2) is 14.3 Å². The zero-order chi connectivity index (χ0) is 22.3. The van der Waals surface area contributed by atoms with Crippen LogP contribution in [0.4, 0.5) is 10.6 Å². The molecule has 2 aromatic heterocycles. The molecule has 3 heterocycles. The van der Waals surface area contributed by atoms with Crippen molar-refractivity contribution in [2.45, 2.75) is 64.1 Å². The van der Waals surface area contributed by atoms with Gasteiger partial charge in [0.1, 0.15) is 24.5 Å². The molecule has 166 valence electrons. The Kier molecular flexibility index (Phi) is 7.41. The van der Waals surface area contributed by atoms with E-state index in [-0.39, 0.29) is 30.9 Å². The molecule has 10 nitrogen and oxygen atoms in total. The molecule has 1 aliphatic rings. The standard InChI is InChI=1S/C21H27N5O5/c1-3-5-6-11-29-20(28)25-19-16-7-8-17(26(16)24-14-23-19)21(13-22)10-9-15(31-21)12-30-18(27)4-2/h7-8,14-15H,3-6,9-12H2,1-2H3,(H,23,24,25,28)/t15-,21-/m0/s1. The molecule has 10 heteroatoms. The molecule has 0 saturated carbocycles. The molecule has 2 atom stereocenters. The number of carbonyl (C=O) groups is 2. The fourth-order valence-electron chi connectivity index (χ4n) is 3.49. The highest BCUT2D eigenvalue weighted by Gasteiger charge is 2.45. The molecule has 0 radical (unpaired) electrons. The van der Waals surface area contributed by atoms with Crippen LogP contribution in [0.1, 0.15) is 58.1 Å². The van der Waals surface area contributed by atoms with Gasteiger partial charge in [-0.2, -0.15) is 10.4 Å². The summed E-state index contributed by atoms with van der Waals surface area (Å²) in [6.07, 6.45) is 4.43. The van der Waals surface area contributed by atoms with Crippen LogP contribution in [0.15, 0.2) is 18.5 Å². The maximum atomic E-state index is 12.1. The first kappa shape index (κ1) is 22.5. The Hall–Kier alpha value is -3.19. The number of ether oxygens (including phenoxy) is 3. The van der Waals surface area contributed by atoms with Crippen LogP contribution in [0.25, 0.3) is 5.52 Å². The molecule has 1 N–H and O–H groups in total. The highest BCUT2D eigenvalue weighted by molar-refractivity contribution is 5.88. The van der Waals surface area contributed by atoms with E-state index >= 15 is 0 Å². The van der Waals surface area contributed by atoms with E-state index in [1.54, 1.807) is 19.1 Å². The van der Waals surface area contributed by atoms with Crippen molar-refractivity contribution in [1.29, 1.82) is 5.26 Å². The second-order valence-corrected chi connectivity index (χ2v) is 7.35. The average Bonchev–Trinajstić information content (AvgIpc) is 3.40. The van der Waals surface area contributed by atoms with Gasteiger partial charge in [-0.1, -0.05) is 26.7 Å². The lowest BCUT2D eigenvalue weighted by atomic mass is 9.98. The van der Waals surface area contributed by atoms with Gasteiger partial charge in [0, 0.05) is 6.42 Å². The van der Waals surface area contributed by atoms with Crippen LogP contribution >= 0.6 is 0 Å². The lowest BCUT2D eigenvalue weighted by molar-refractivity contribution is -0.148. The smallest absolute Gasteiger partial charge is 0.412 e. The first-order valence-corrected chi connectivity index (χ1v) is 10.5. The molecule has 3 rings (SSSR count). The summed E-state index contributed by atoms with van der Waals surface area (Å²) >= 11 is 0. The molecule has 0 bridgehead atoms. The van der Waals surface area contributed by atoms with E-state index < -0.39 is 11.7 Å². The quantitative estimate of drug-likeness (QED) is 0.475. The van der Waals surface area contributed by atoms with Crippen LogP contribution < -0.4 is 5.32 Å². The summed E-state index contributed by atoms with van der Waals surface area (Å²) in [5.74, 6) is -0.0301. The van der Waals surface area contributed by atoms with Gasteiger partial charge in [-0.15, -0.1) is 0 Å². The van der Waals surface area contributed by atoms with Gasteiger partial charge in [0.25, 0.3) is 0 Å². The van der Waals surface area contributed by atoms with E-state index in [0.717, 1.165) is 19.3 Å². The van der Waals surface area contributed by atoms with Crippen LogP contribution in [0.5, 0.6) is 0 Å². The predicted molar refractivity (Wildman–Crippen MR) is 110 cm³/mol. The third-order valence-electron chi connectivity index (χ3n) is 5.15. The summed E-state index contributed by atoms with van der Waals surface area (Å²) < 4.78 is 17.9. The van der Waals surface area contributed by atoms with Gasteiger partial charge in [-0.3, -0.25) is 10.1 Å². The Morgan fingerprint density at radius 3 is 2.94 bits per heavy atom. The highest BCUT2D eigenvalue weighted by Crippen LogP contribution is 2.40. The Bertz CT molecular complexity index is 969. The Morgan fingerprint density at radius 1 is 1.35 bits per heavy atom. The lowest BCUT2D eigenvalue weighted by Crippen LogP contribution is -2.28. The van der Waals surface area contributed by atoms with Crippen molar-refractivity contribution < 1.29 is 23.8 Å². The second-order valence-electron chi connectivity index (χ2n) is 7.35. The summed E-state index contributed by atoms with van der Waals surface area (Å²) in [6, 6.07) is 5.69. The normalized spacial score (nSPS) is 20.4. The number of amides is 1. The molecule has 2 aromatic rings. The minimum atomic E-state index is -1.23. The van der Waals surface area contributed by atoms with Gasteiger partial charge in [0.2, 0.25) is 0 Å². The number of hydrogen-bond donors (Lipinski definition) is 1. The number of anilines is 1. The monoisotopic (exact) mass is 429 g/mol. The Morgan fingerprint density at radius 2 is 2.19 bits per heavy atom. The fraction of sp³-hybridized carbons (Fsp3) is 0.571. The minimum absolute atomic E-state index is 0.102. The van der Waals surface area contributed by atoms with Gasteiger partial charge in [0.15, 0.2) is 11.4 Å². The van der Waals surface area contributed by atoms with E-state index in [2.05, 4.69) is 28.4 Å². The topological polar surface area (TPSA) is 128 Å². The molecule has 1 amide bonds. The molecule has 0 aromatic carbocycles. The molecular formula is C21H27N5O5. The largest absolute Gasteiger partial charge is 0.463 e. The van der Waals surface area contributed by atoms with Crippen molar-refractivity contribution in [3.8, 4) is 6.07 Å². The number of nitrogens with one attached hydrogen (secondary N) is 1. The van der Waals surface area contributed by atoms with Crippen molar-refractivity contribution in [3.05, 3.63) is 24.2 Å². The molecule has 1 aliphatic heterocycles. The average molecular weight is 429 g/mol. The number of hydrogen-bond acceptors (Lipinski definition) is 8. The summed E-state index contributed by atoms with van der Waals surface area (Å²) in [7, 11) is 0. The maximum Gasteiger partial charge on any atom is 0.412 e. The summed E-state index contributed by atoms with van der Waals surface area (Å²) in [5.41, 5.74) is -0.194. The zero-order valence-corrected chi connectivity index (χ0v) is 17.8. The highest BCUT2D eigenvalue weighted by atomic mass is 16.6. The third kappa shape index (κ3) is 5.11. The summed E-state index contributed by atoms with van der Waals surface area (Å²) in [5, 5.41) is 16.8. The van der Waals surface area contributed by atoms with E-state index in [4.69, 9.17) is 14.2 Å². The first-order chi connectivity index (χ1) is 15.0. The number of aromatic nitrogens is 3. The Balaban J connectivity index is 1.74. The van der Waals surface area contributed by atoms with E-state index in [1.165, 1.54) is 10.8 Å². The molecule has 0 unspecified atom stereocenters. The van der Waals surface area contributed by atoms with Crippen molar-refractivity contribution in [2.24, 2.45) is 0 Å². The van der Waals surface area contributed by atoms with E-state index in [9.17, 15) is 14.9 Å². The zero-order valence-electron chi connectivity index (χ0n) is 17.8. The number of rotatable bonds is 9. The molecule has 0 spiro atoms. The van der Waals surface area contributed by atoms with E-state index in [1.807, 2.05) is 0 Å². The SMILES string of the molecule is CCCCCOC(=O)Nc1ncnn2c([C@@]3(C#N)CC[C@@H](COC(=O)CC)O3)ccc12. The lowest BCUT2D eigenvalue weighted by Gasteiger charge is -2.21. The van der Waals surface area contributed by atoms with Crippen LogP contribution in [0, 0.1) is 11.3 Å². The molecule has 0 aliphatic carbocycles. The molecule has 1 fully saturated rings. The molecular weight excluding hydrogens is 402 g/mol. The summed E-state index contributed by atoms with van der Waals surface area (Å²) in [6.45, 7) is 4.23. The number of fused-ring (bicyclic) bond motifs is 1. The van der Waals surface area contributed by atoms with Gasteiger partial charge in [-0.05, 0) is 31.4 Å². The fourth-order valence-corrected chi connectivity index (χ4v) is 3.49. The predicted octanol–water partition coefficient (Wildman–Crippen LogP) is 3.32. The van der Waals surface area contributed by atoms with Crippen molar-refractivity contribution in [3.63, 3.8) is 0 Å². The number of unbranched alkanes of at least 4 members (excludes halogenated alkanes) is 2. The molecule has 31 heavy (non-hydrogen) atoms. The minimum Gasteiger partial charge on any atom is -0.463 e. The number of esters is 1. The van der Waals surface area contributed by atoms with E-state index in [0.29, 0.717) is 30.7 Å². The Labute approximate surface area is 180 Å².